The molecule has 0 bridgehead atoms. The molecule has 1 N–H and O–H groups in total. The first kappa shape index (κ1) is 16.9. The molecule has 0 aliphatic rings. The van der Waals surface area contributed by atoms with Crippen LogP contribution in [0.1, 0.15) is 35.7 Å². The Bertz CT molecular complexity index is 598. The van der Waals surface area contributed by atoms with Gasteiger partial charge in [-0.3, -0.25) is 9.78 Å². The number of carbonyl (C=O) groups is 1. The second-order valence-corrected chi connectivity index (χ2v) is 5.54. The quantitative estimate of drug-likeness (QED) is 0.761. The van der Waals surface area contributed by atoms with Gasteiger partial charge in [-0.15, -0.1) is 0 Å². The SMILES string of the molecule is CCCCNC(=O)c1ccc(N(C)CCc2ccncc2)nc1. The van der Waals surface area contributed by atoms with Crippen LogP contribution in [0, 0.1) is 0 Å². The summed E-state index contributed by atoms with van der Waals surface area (Å²) in [6, 6.07) is 7.75. The molecule has 0 spiro atoms. The van der Waals surface area contributed by atoms with Crippen LogP contribution in [0.15, 0.2) is 42.9 Å². The molecule has 0 aliphatic heterocycles. The second kappa shape index (κ2) is 8.88. The van der Waals surface area contributed by atoms with E-state index in [0.717, 1.165) is 31.6 Å². The largest absolute Gasteiger partial charge is 0.359 e. The van der Waals surface area contributed by atoms with Crippen LogP contribution >= 0.6 is 0 Å². The van der Waals surface area contributed by atoms with E-state index in [1.54, 1.807) is 18.6 Å². The Morgan fingerprint density at radius 2 is 2.00 bits per heavy atom. The standard InChI is InChI=1S/C18H24N4O/c1-3-4-10-20-18(23)16-5-6-17(21-14-16)22(2)13-9-15-7-11-19-12-8-15/h5-8,11-12,14H,3-4,9-10,13H2,1-2H3,(H,20,23). The molecule has 5 heteroatoms. The molecule has 23 heavy (non-hydrogen) atoms. The van der Waals surface area contributed by atoms with Gasteiger partial charge in [0.15, 0.2) is 0 Å². The van der Waals surface area contributed by atoms with Crippen molar-refractivity contribution in [2.24, 2.45) is 0 Å². The lowest BCUT2D eigenvalue weighted by Crippen LogP contribution is -2.25. The van der Waals surface area contributed by atoms with Crippen LogP contribution in [0.5, 0.6) is 0 Å². The third-order valence-corrected chi connectivity index (χ3v) is 3.70. The van der Waals surface area contributed by atoms with Gasteiger partial charge in [-0.2, -0.15) is 0 Å². The smallest absolute Gasteiger partial charge is 0.252 e. The Hall–Kier alpha value is -2.43. The number of nitrogens with one attached hydrogen (secondary N) is 1. The fourth-order valence-electron chi connectivity index (χ4n) is 2.19. The average molecular weight is 312 g/mol. The number of amides is 1. The van der Waals surface area contributed by atoms with Crippen molar-refractivity contribution in [2.45, 2.75) is 26.2 Å². The van der Waals surface area contributed by atoms with Gasteiger partial charge in [0.05, 0.1) is 5.56 Å². The van der Waals surface area contributed by atoms with Crippen molar-refractivity contribution in [3.8, 4) is 0 Å². The third-order valence-electron chi connectivity index (χ3n) is 3.70. The number of hydrogen-bond acceptors (Lipinski definition) is 4. The minimum Gasteiger partial charge on any atom is -0.359 e. The molecular formula is C18H24N4O. The minimum absolute atomic E-state index is 0.0584. The van der Waals surface area contributed by atoms with Crippen LogP contribution in [0.3, 0.4) is 0 Å². The Balaban J connectivity index is 1.87. The molecule has 0 radical (unpaired) electrons. The number of likely N-dealkylation sites (N-methyl/N-ethyl adjacent to an activating group) is 1. The summed E-state index contributed by atoms with van der Waals surface area (Å²) in [4.78, 5) is 22.4. The molecule has 122 valence electrons. The molecule has 0 aromatic carbocycles. The minimum atomic E-state index is -0.0584. The molecule has 2 aromatic heterocycles. The van der Waals surface area contributed by atoms with Crippen molar-refractivity contribution < 1.29 is 4.79 Å². The van der Waals surface area contributed by atoms with Crippen molar-refractivity contribution >= 4 is 11.7 Å². The first-order chi connectivity index (χ1) is 11.2. The zero-order valence-corrected chi connectivity index (χ0v) is 13.8. The van der Waals surface area contributed by atoms with E-state index in [-0.39, 0.29) is 5.91 Å². The van der Waals surface area contributed by atoms with E-state index in [9.17, 15) is 4.79 Å². The number of hydrogen-bond donors (Lipinski definition) is 1. The summed E-state index contributed by atoms with van der Waals surface area (Å²) in [5.74, 6) is 0.807. The number of anilines is 1. The Morgan fingerprint density at radius 1 is 1.22 bits per heavy atom. The number of carbonyl (C=O) groups excluding carboxylic acids is 1. The van der Waals surface area contributed by atoms with Gasteiger partial charge in [-0.05, 0) is 42.7 Å². The number of unbranched alkanes of at least 4 members (excludes halogenated alkanes) is 1. The number of nitrogens with zero attached hydrogens (tertiary/aromatic N) is 3. The average Bonchev–Trinajstić information content (AvgIpc) is 2.61. The van der Waals surface area contributed by atoms with Gasteiger partial charge >= 0.3 is 0 Å². The molecule has 0 atom stereocenters. The molecule has 2 aromatic rings. The molecule has 0 saturated carbocycles. The van der Waals surface area contributed by atoms with Gasteiger partial charge in [0.2, 0.25) is 0 Å². The van der Waals surface area contributed by atoms with Crippen molar-refractivity contribution in [2.75, 3.05) is 25.0 Å². The molecule has 2 rings (SSSR count). The van der Waals surface area contributed by atoms with Crippen LogP contribution in [0.2, 0.25) is 0 Å². The maximum atomic E-state index is 11.9. The molecule has 2 heterocycles. The molecule has 5 nitrogen and oxygen atoms in total. The van der Waals surface area contributed by atoms with Crippen LogP contribution in [0.25, 0.3) is 0 Å². The summed E-state index contributed by atoms with van der Waals surface area (Å²) in [5.41, 5.74) is 1.85. The highest BCUT2D eigenvalue weighted by Crippen LogP contribution is 2.11. The lowest BCUT2D eigenvalue weighted by Gasteiger charge is -2.18. The third kappa shape index (κ3) is 5.36. The van der Waals surface area contributed by atoms with E-state index >= 15 is 0 Å². The summed E-state index contributed by atoms with van der Waals surface area (Å²) in [6.45, 7) is 3.67. The summed E-state index contributed by atoms with van der Waals surface area (Å²) in [7, 11) is 2.00. The maximum absolute atomic E-state index is 11.9. The number of pyridine rings is 2. The van der Waals surface area contributed by atoms with Crippen LogP contribution in [-0.4, -0.2) is 36.0 Å². The summed E-state index contributed by atoms with van der Waals surface area (Å²) >= 11 is 0. The summed E-state index contributed by atoms with van der Waals surface area (Å²) < 4.78 is 0. The fraction of sp³-hybridized carbons (Fsp3) is 0.389. The Labute approximate surface area is 137 Å². The van der Waals surface area contributed by atoms with E-state index in [1.807, 2.05) is 31.3 Å². The van der Waals surface area contributed by atoms with Gasteiger partial charge in [-0.1, -0.05) is 13.3 Å². The van der Waals surface area contributed by atoms with Gasteiger partial charge < -0.3 is 10.2 Å². The highest BCUT2D eigenvalue weighted by atomic mass is 16.1. The van der Waals surface area contributed by atoms with E-state index in [4.69, 9.17) is 0 Å². The second-order valence-electron chi connectivity index (χ2n) is 5.54. The molecule has 0 fully saturated rings. The first-order valence-corrected chi connectivity index (χ1v) is 8.05. The van der Waals surface area contributed by atoms with E-state index < -0.39 is 0 Å². The van der Waals surface area contributed by atoms with Crippen LogP contribution < -0.4 is 10.2 Å². The van der Waals surface area contributed by atoms with Gasteiger partial charge in [-0.25, -0.2) is 4.98 Å². The number of aromatic nitrogens is 2. The van der Waals surface area contributed by atoms with Crippen molar-refractivity contribution in [1.29, 1.82) is 0 Å². The normalized spacial score (nSPS) is 10.3. The molecular weight excluding hydrogens is 288 g/mol. The van der Waals surface area contributed by atoms with Gasteiger partial charge in [0, 0.05) is 38.7 Å². The first-order valence-electron chi connectivity index (χ1n) is 8.05. The highest BCUT2D eigenvalue weighted by Gasteiger charge is 2.07. The Kier molecular flexibility index (Phi) is 6.54. The van der Waals surface area contributed by atoms with Crippen LogP contribution in [0.4, 0.5) is 5.82 Å². The van der Waals surface area contributed by atoms with Crippen molar-refractivity contribution in [3.63, 3.8) is 0 Å². The van der Waals surface area contributed by atoms with Gasteiger partial charge in [0.25, 0.3) is 5.91 Å². The van der Waals surface area contributed by atoms with Gasteiger partial charge in [0.1, 0.15) is 5.82 Å². The zero-order valence-electron chi connectivity index (χ0n) is 13.8. The summed E-state index contributed by atoms with van der Waals surface area (Å²) in [5, 5.41) is 2.90. The van der Waals surface area contributed by atoms with Crippen molar-refractivity contribution in [1.82, 2.24) is 15.3 Å². The Morgan fingerprint density at radius 3 is 2.65 bits per heavy atom. The summed E-state index contributed by atoms with van der Waals surface area (Å²) in [6.07, 6.45) is 8.24. The number of rotatable bonds is 8. The van der Waals surface area contributed by atoms with Crippen molar-refractivity contribution in [3.05, 3.63) is 54.0 Å². The molecule has 0 saturated heterocycles. The maximum Gasteiger partial charge on any atom is 0.252 e. The van der Waals surface area contributed by atoms with Crippen LogP contribution in [-0.2, 0) is 6.42 Å². The van der Waals surface area contributed by atoms with E-state index in [0.29, 0.717) is 12.1 Å². The lowest BCUT2D eigenvalue weighted by molar-refractivity contribution is 0.0953. The lowest BCUT2D eigenvalue weighted by atomic mass is 10.2. The highest BCUT2D eigenvalue weighted by molar-refractivity contribution is 5.94. The van der Waals surface area contributed by atoms with E-state index in [2.05, 4.69) is 27.1 Å². The predicted octanol–water partition coefficient (Wildman–Crippen LogP) is 2.69. The molecule has 1 amide bonds. The molecule has 0 unspecified atom stereocenters. The fourth-order valence-corrected chi connectivity index (χ4v) is 2.19. The topological polar surface area (TPSA) is 58.1 Å². The monoisotopic (exact) mass is 312 g/mol. The zero-order chi connectivity index (χ0) is 16.5. The predicted molar refractivity (Wildman–Crippen MR) is 92.7 cm³/mol. The molecule has 0 aliphatic carbocycles. The van der Waals surface area contributed by atoms with E-state index in [1.165, 1.54) is 5.56 Å².